The van der Waals surface area contributed by atoms with E-state index < -0.39 is 0 Å². The first-order valence-corrected chi connectivity index (χ1v) is 6.52. The van der Waals surface area contributed by atoms with Crippen molar-refractivity contribution in [2.75, 3.05) is 5.32 Å². The van der Waals surface area contributed by atoms with Crippen molar-refractivity contribution in [2.45, 2.75) is 0 Å². The molecule has 0 unspecified atom stereocenters. The van der Waals surface area contributed by atoms with E-state index in [1.165, 1.54) is 11.3 Å². The molecule has 1 aromatic carbocycles. The van der Waals surface area contributed by atoms with Gasteiger partial charge in [-0.25, -0.2) is 0 Å². The van der Waals surface area contributed by atoms with Gasteiger partial charge in [0.25, 0.3) is 5.91 Å². The fourth-order valence-electron chi connectivity index (χ4n) is 1.17. The Morgan fingerprint density at radius 3 is 2.81 bits per heavy atom. The standard InChI is InChI=1S/C11H7BrClNOS/c12-8-6-7(3-4-9(8)13)14-11(15)10-2-1-5-16-10/h1-6H,(H,14,15). The lowest BCUT2D eigenvalue weighted by molar-refractivity contribution is 0.103. The Morgan fingerprint density at radius 1 is 1.38 bits per heavy atom. The van der Waals surface area contributed by atoms with Crippen LogP contribution in [0.4, 0.5) is 5.69 Å². The van der Waals surface area contributed by atoms with Crippen molar-refractivity contribution in [3.8, 4) is 0 Å². The lowest BCUT2D eigenvalue weighted by Gasteiger charge is -2.04. The van der Waals surface area contributed by atoms with Gasteiger partial charge in [-0.05, 0) is 45.6 Å². The van der Waals surface area contributed by atoms with Crippen molar-refractivity contribution < 1.29 is 4.79 Å². The number of amides is 1. The molecule has 1 amide bonds. The minimum atomic E-state index is -0.107. The minimum Gasteiger partial charge on any atom is -0.321 e. The van der Waals surface area contributed by atoms with Crippen LogP contribution in [0, 0.1) is 0 Å². The molecule has 0 saturated carbocycles. The molecular formula is C11H7BrClNOS. The molecule has 82 valence electrons. The average Bonchev–Trinajstić information content (AvgIpc) is 2.77. The molecule has 1 N–H and O–H groups in total. The van der Waals surface area contributed by atoms with Crippen LogP contribution in [0.25, 0.3) is 0 Å². The molecule has 1 aromatic heterocycles. The van der Waals surface area contributed by atoms with E-state index in [9.17, 15) is 4.79 Å². The molecule has 0 radical (unpaired) electrons. The maximum absolute atomic E-state index is 11.7. The normalized spacial score (nSPS) is 10.1. The molecular weight excluding hydrogens is 310 g/mol. The van der Waals surface area contributed by atoms with Gasteiger partial charge in [-0.3, -0.25) is 4.79 Å². The number of anilines is 1. The maximum Gasteiger partial charge on any atom is 0.265 e. The predicted molar refractivity (Wildman–Crippen MR) is 71.4 cm³/mol. The Kier molecular flexibility index (Phi) is 3.63. The Hall–Kier alpha value is -0.840. The third kappa shape index (κ3) is 2.64. The fraction of sp³-hybridized carbons (Fsp3) is 0. The zero-order valence-corrected chi connectivity index (χ0v) is 11.2. The van der Waals surface area contributed by atoms with Crippen molar-refractivity contribution in [1.82, 2.24) is 0 Å². The highest BCUT2D eigenvalue weighted by atomic mass is 79.9. The SMILES string of the molecule is O=C(Nc1ccc(Cl)c(Br)c1)c1cccs1. The van der Waals surface area contributed by atoms with Gasteiger partial charge >= 0.3 is 0 Å². The Bertz CT molecular complexity index is 513. The van der Waals surface area contributed by atoms with Gasteiger partial charge in [-0.1, -0.05) is 17.7 Å². The van der Waals surface area contributed by atoms with Gasteiger partial charge in [-0.15, -0.1) is 11.3 Å². The van der Waals surface area contributed by atoms with Crippen LogP contribution in [0.1, 0.15) is 9.67 Å². The van der Waals surface area contributed by atoms with Gasteiger partial charge in [0, 0.05) is 10.2 Å². The van der Waals surface area contributed by atoms with Gasteiger partial charge in [0.05, 0.1) is 9.90 Å². The number of halogens is 2. The molecule has 0 spiro atoms. The zero-order valence-electron chi connectivity index (χ0n) is 8.04. The summed E-state index contributed by atoms with van der Waals surface area (Å²) < 4.78 is 0.762. The Morgan fingerprint density at radius 2 is 2.19 bits per heavy atom. The summed E-state index contributed by atoms with van der Waals surface area (Å²) in [5.41, 5.74) is 0.717. The quantitative estimate of drug-likeness (QED) is 0.873. The van der Waals surface area contributed by atoms with E-state index in [2.05, 4.69) is 21.2 Å². The maximum atomic E-state index is 11.7. The summed E-state index contributed by atoms with van der Waals surface area (Å²) in [4.78, 5) is 12.4. The molecule has 2 nitrogen and oxygen atoms in total. The second kappa shape index (κ2) is 4.99. The number of hydrogen-bond donors (Lipinski definition) is 1. The molecule has 0 fully saturated rings. The highest BCUT2D eigenvalue weighted by Crippen LogP contribution is 2.26. The number of nitrogens with one attached hydrogen (secondary N) is 1. The summed E-state index contributed by atoms with van der Waals surface area (Å²) in [5.74, 6) is -0.107. The topological polar surface area (TPSA) is 29.1 Å². The molecule has 2 rings (SSSR count). The van der Waals surface area contributed by atoms with Crippen molar-refractivity contribution >= 4 is 50.5 Å². The Balaban J connectivity index is 2.15. The molecule has 0 aliphatic carbocycles. The number of thiophene rings is 1. The highest BCUT2D eigenvalue weighted by molar-refractivity contribution is 9.10. The van der Waals surface area contributed by atoms with Crippen molar-refractivity contribution in [3.63, 3.8) is 0 Å². The van der Waals surface area contributed by atoms with Gasteiger partial charge in [0.1, 0.15) is 0 Å². The predicted octanol–water partition coefficient (Wildman–Crippen LogP) is 4.42. The molecule has 0 saturated heterocycles. The molecule has 0 aliphatic heterocycles. The van der Waals surface area contributed by atoms with E-state index in [-0.39, 0.29) is 5.91 Å². The van der Waals surface area contributed by atoms with E-state index in [0.29, 0.717) is 9.90 Å². The highest BCUT2D eigenvalue weighted by Gasteiger charge is 2.07. The fourth-order valence-corrected chi connectivity index (χ4v) is 2.29. The van der Waals surface area contributed by atoms with Gasteiger partial charge < -0.3 is 5.32 Å². The van der Waals surface area contributed by atoms with Crippen molar-refractivity contribution in [1.29, 1.82) is 0 Å². The van der Waals surface area contributed by atoms with Crippen LogP contribution in [0.3, 0.4) is 0 Å². The third-order valence-electron chi connectivity index (χ3n) is 1.92. The Labute approximate surface area is 110 Å². The number of carbonyl (C=O) groups excluding carboxylic acids is 1. The summed E-state index contributed by atoms with van der Waals surface area (Å²) in [6.07, 6.45) is 0. The van der Waals surface area contributed by atoms with E-state index in [1.807, 2.05) is 11.4 Å². The van der Waals surface area contributed by atoms with Gasteiger partial charge in [0.2, 0.25) is 0 Å². The molecule has 1 heterocycles. The van der Waals surface area contributed by atoms with E-state index in [1.54, 1.807) is 24.3 Å². The molecule has 5 heteroatoms. The summed E-state index contributed by atoms with van der Waals surface area (Å²) in [5, 5.41) is 5.28. The number of benzene rings is 1. The van der Waals surface area contributed by atoms with Crippen LogP contribution in [-0.2, 0) is 0 Å². The monoisotopic (exact) mass is 315 g/mol. The van der Waals surface area contributed by atoms with E-state index in [0.717, 1.165) is 10.2 Å². The van der Waals surface area contributed by atoms with E-state index in [4.69, 9.17) is 11.6 Å². The zero-order chi connectivity index (χ0) is 11.5. The first-order valence-electron chi connectivity index (χ1n) is 4.47. The molecule has 16 heavy (non-hydrogen) atoms. The summed E-state index contributed by atoms with van der Waals surface area (Å²) in [6, 6.07) is 8.89. The van der Waals surface area contributed by atoms with Crippen LogP contribution >= 0.6 is 38.9 Å². The van der Waals surface area contributed by atoms with Crippen LogP contribution < -0.4 is 5.32 Å². The lowest BCUT2D eigenvalue weighted by Crippen LogP contribution is -2.09. The number of rotatable bonds is 2. The van der Waals surface area contributed by atoms with Crippen LogP contribution in [0.15, 0.2) is 40.2 Å². The van der Waals surface area contributed by atoms with Crippen molar-refractivity contribution in [2.24, 2.45) is 0 Å². The molecule has 0 atom stereocenters. The number of carbonyl (C=O) groups is 1. The smallest absolute Gasteiger partial charge is 0.265 e. The minimum absolute atomic E-state index is 0.107. The first-order chi connectivity index (χ1) is 7.66. The second-order valence-electron chi connectivity index (χ2n) is 3.06. The lowest BCUT2D eigenvalue weighted by atomic mass is 10.3. The van der Waals surface area contributed by atoms with Gasteiger partial charge in [0.15, 0.2) is 0 Å². The van der Waals surface area contributed by atoms with Gasteiger partial charge in [-0.2, -0.15) is 0 Å². The first kappa shape index (κ1) is 11.6. The summed E-state index contributed by atoms with van der Waals surface area (Å²) in [6.45, 7) is 0. The average molecular weight is 317 g/mol. The molecule has 2 aromatic rings. The van der Waals surface area contributed by atoms with Crippen LogP contribution in [-0.4, -0.2) is 5.91 Å². The second-order valence-corrected chi connectivity index (χ2v) is 5.27. The van der Waals surface area contributed by atoms with Crippen LogP contribution in [0.2, 0.25) is 5.02 Å². The number of hydrogen-bond acceptors (Lipinski definition) is 2. The van der Waals surface area contributed by atoms with Crippen LogP contribution in [0.5, 0.6) is 0 Å². The molecule has 0 bridgehead atoms. The van der Waals surface area contributed by atoms with Crippen molar-refractivity contribution in [3.05, 3.63) is 50.1 Å². The summed E-state index contributed by atoms with van der Waals surface area (Å²) in [7, 11) is 0. The largest absolute Gasteiger partial charge is 0.321 e. The third-order valence-corrected chi connectivity index (χ3v) is 4.01. The summed E-state index contributed by atoms with van der Waals surface area (Å²) >= 11 is 10.6. The van der Waals surface area contributed by atoms with E-state index >= 15 is 0 Å². The molecule has 0 aliphatic rings.